The lowest BCUT2D eigenvalue weighted by atomic mass is 9.94. The molecular formula is C17H20F3NO4. The zero-order chi connectivity index (χ0) is 18.7. The van der Waals surface area contributed by atoms with Gasteiger partial charge in [-0.05, 0) is 43.9 Å². The fourth-order valence-corrected chi connectivity index (χ4v) is 2.79. The van der Waals surface area contributed by atoms with E-state index in [0.717, 1.165) is 5.56 Å². The number of nitrogens with zero attached hydrogens (tertiary/aromatic N) is 1. The Morgan fingerprint density at radius 3 is 2.28 bits per heavy atom. The van der Waals surface area contributed by atoms with Gasteiger partial charge in [0.1, 0.15) is 5.75 Å². The van der Waals surface area contributed by atoms with Gasteiger partial charge in [-0.25, -0.2) is 0 Å². The summed E-state index contributed by atoms with van der Waals surface area (Å²) in [6.07, 6.45) is -3.05. The Bertz CT molecular complexity index is 624. The van der Waals surface area contributed by atoms with Crippen molar-refractivity contribution in [1.82, 2.24) is 4.90 Å². The predicted octanol–water partition coefficient (Wildman–Crippen LogP) is 3.23. The van der Waals surface area contributed by atoms with Crippen LogP contribution in [-0.2, 0) is 16.0 Å². The molecule has 138 valence electrons. The zero-order valence-electron chi connectivity index (χ0n) is 13.8. The molecule has 0 aromatic heterocycles. The molecule has 2 rings (SSSR count). The van der Waals surface area contributed by atoms with E-state index < -0.39 is 17.7 Å². The lowest BCUT2D eigenvalue weighted by molar-refractivity contribution is -0.274. The van der Waals surface area contributed by atoms with E-state index >= 15 is 0 Å². The quantitative estimate of drug-likeness (QED) is 0.774. The van der Waals surface area contributed by atoms with E-state index in [1.54, 1.807) is 6.92 Å². The first-order valence-electron chi connectivity index (χ1n) is 8.01. The lowest BCUT2D eigenvalue weighted by Crippen LogP contribution is -2.39. The van der Waals surface area contributed by atoms with Gasteiger partial charge in [-0.1, -0.05) is 12.1 Å². The van der Waals surface area contributed by atoms with Crippen molar-refractivity contribution in [3.05, 3.63) is 29.8 Å². The number of carboxylic acid groups (broad SMARTS) is 1. The van der Waals surface area contributed by atoms with Crippen LogP contribution in [0.4, 0.5) is 13.2 Å². The average Bonchev–Trinajstić information content (AvgIpc) is 3.29. The summed E-state index contributed by atoms with van der Waals surface area (Å²) in [6.45, 7) is 2.37. The third-order valence-electron chi connectivity index (χ3n) is 4.27. The van der Waals surface area contributed by atoms with Crippen molar-refractivity contribution < 1.29 is 32.6 Å². The molecule has 1 aliphatic carbocycles. The van der Waals surface area contributed by atoms with Crippen LogP contribution in [0.2, 0.25) is 0 Å². The third-order valence-corrected chi connectivity index (χ3v) is 4.27. The molecule has 0 spiro atoms. The van der Waals surface area contributed by atoms with E-state index in [4.69, 9.17) is 5.11 Å². The number of carbonyl (C=O) groups excluding carboxylic acids is 1. The predicted molar refractivity (Wildman–Crippen MR) is 83.0 cm³/mol. The van der Waals surface area contributed by atoms with E-state index in [-0.39, 0.29) is 24.6 Å². The summed E-state index contributed by atoms with van der Waals surface area (Å²) in [5.74, 6) is -1.35. The van der Waals surface area contributed by atoms with E-state index in [2.05, 4.69) is 4.74 Å². The fourth-order valence-electron chi connectivity index (χ4n) is 2.79. The maximum absolute atomic E-state index is 12.7. The third kappa shape index (κ3) is 5.37. The minimum atomic E-state index is -4.74. The Hall–Kier alpha value is -2.25. The first kappa shape index (κ1) is 19.1. The second kappa shape index (κ2) is 7.33. The minimum absolute atomic E-state index is 0.0909. The number of benzene rings is 1. The second-order valence-corrected chi connectivity index (χ2v) is 6.18. The molecule has 0 unspecified atom stereocenters. The highest BCUT2D eigenvalue weighted by Gasteiger charge is 2.51. The Morgan fingerprint density at radius 2 is 1.84 bits per heavy atom. The topological polar surface area (TPSA) is 66.8 Å². The van der Waals surface area contributed by atoms with E-state index in [1.807, 2.05) is 0 Å². The lowest BCUT2D eigenvalue weighted by Gasteiger charge is -2.26. The maximum atomic E-state index is 12.7. The van der Waals surface area contributed by atoms with Crippen molar-refractivity contribution in [2.45, 2.75) is 39.0 Å². The van der Waals surface area contributed by atoms with Crippen LogP contribution in [0.15, 0.2) is 24.3 Å². The van der Waals surface area contributed by atoms with Crippen LogP contribution >= 0.6 is 0 Å². The number of alkyl halides is 3. The first-order valence-corrected chi connectivity index (χ1v) is 8.01. The Morgan fingerprint density at radius 1 is 1.24 bits per heavy atom. The van der Waals surface area contributed by atoms with Gasteiger partial charge in [-0.15, -0.1) is 13.2 Å². The zero-order valence-corrected chi connectivity index (χ0v) is 13.8. The van der Waals surface area contributed by atoms with Crippen molar-refractivity contribution in [3.8, 4) is 5.75 Å². The summed E-state index contributed by atoms with van der Waals surface area (Å²) in [5.41, 5.74) is 0.177. The van der Waals surface area contributed by atoms with Crippen LogP contribution in [0.3, 0.4) is 0 Å². The summed E-state index contributed by atoms with van der Waals surface area (Å²) in [4.78, 5) is 24.9. The Kier molecular flexibility index (Phi) is 5.59. The molecule has 1 aromatic carbocycles. The highest BCUT2D eigenvalue weighted by Crippen LogP contribution is 2.50. The van der Waals surface area contributed by atoms with Gasteiger partial charge in [0.25, 0.3) is 0 Å². The summed E-state index contributed by atoms with van der Waals surface area (Å²) < 4.78 is 40.3. The Balaban J connectivity index is 2.01. The summed E-state index contributed by atoms with van der Waals surface area (Å²) >= 11 is 0. The maximum Gasteiger partial charge on any atom is 0.573 e. The van der Waals surface area contributed by atoms with Gasteiger partial charge in [0.2, 0.25) is 5.91 Å². The van der Waals surface area contributed by atoms with E-state index in [0.29, 0.717) is 25.8 Å². The van der Waals surface area contributed by atoms with Crippen molar-refractivity contribution in [3.63, 3.8) is 0 Å². The number of ether oxygens (including phenoxy) is 1. The molecule has 0 aliphatic heterocycles. The molecule has 0 radical (unpaired) electrons. The number of rotatable bonds is 8. The second-order valence-electron chi connectivity index (χ2n) is 6.18. The van der Waals surface area contributed by atoms with Gasteiger partial charge >= 0.3 is 12.3 Å². The fraction of sp³-hybridized carbons (Fsp3) is 0.529. The number of halogens is 3. The highest BCUT2D eigenvalue weighted by molar-refractivity contribution is 5.86. The van der Waals surface area contributed by atoms with Gasteiger partial charge in [0, 0.05) is 13.1 Å². The number of carbonyl (C=O) groups is 2. The van der Waals surface area contributed by atoms with Crippen molar-refractivity contribution >= 4 is 11.9 Å². The molecule has 1 aliphatic rings. The molecule has 0 bridgehead atoms. The van der Waals surface area contributed by atoms with Crippen LogP contribution < -0.4 is 4.74 Å². The summed E-state index contributed by atoms with van der Waals surface area (Å²) in [6, 6.07) is 5.49. The molecule has 1 fully saturated rings. The number of amides is 1. The van der Waals surface area contributed by atoms with Crippen LogP contribution in [0.5, 0.6) is 5.75 Å². The molecule has 1 amide bonds. The number of aliphatic carboxylic acids is 1. The molecule has 1 N–H and O–H groups in total. The number of hydrogen-bond donors (Lipinski definition) is 1. The number of hydrogen-bond acceptors (Lipinski definition) is 3. The van der Waals surface area contributed by atoms with Crippen molar-refractivity contribution in [2.75, 3.05) is 13.1 Å². The van der Waals surface area contributed by atoms with Gasteiger partial charge in [-0.2, -0.15) is 0 Å². The normalized spacial score (nSPS) is 15.5. The molecule has 8 heteroatoms. The minimum Gasteiger partial charge on any atom is -0.481 e. The first-order chi connectivity index (χ1) is 11.6. The van der Waals surface area contributed by atoms with Gasteiger partial charge in [0.15, 0.2) is 0 Å². The van der Waals surface area contributed by atoms with Crippen LogP contribution in [-0.4, -0.2) is 41.3 Å². The van der Waals surface area contributed by atoms with Crippen molar-refractivity contribution in [2.24, 2.45) is 5.41 Å². The molecular weight excluding hydrogens is 339 g/mol. The van der Waals surface area contributed by atoms with Crippen LogP contribution in [0.25, 0.3) is 0 Å². The molecule has 0 saturated heterocycles. The van der Waals surface area contributed by atoms with Crippen molar-refractivity contribution in [1.29, 1.82) is 0 Å². The molecule has 0 atom stereocenters. The largest absolute Gasteiger partial charge is 0.573 e. The van der Waals surface area contributed by atoms with Crippen LogP contribution in [0, 0.1) is 5.41 Å². The van der Waals surface area contributed by atoms with Crippen LogP contribution in [0.1, 0.15) is 31.7 Å². The molecule has 1 saturated carbocycles. The van der Waals surface area contributed by atoms with E-state index in [9.17, 15) is 22.8 Å². The molecule has 5 nitrogen and oxygen atoms in total. The van der Waals surface area contributed by atoms with Gasteiger partial charge in [-0.3, -0.25) is 9.59 Å². The van der Waals surface area contributed by atoms with Gasteiger partial charge in [0.05, 0.1) is 11.8 Å². The smallest absolute Gasteiger partial charge is 0.481 e. The molecule has 1 aromatic rings. The highest BCUT2D eigenvalue weighted by atomic mass is 19.4. The standard InChI is InChI=1S/C17H20F3NO4/c1-2-21(10-7-14(22)23)15(24)16(8-9-16)11-12-3-5-13(6-4-12)25-17(18,19)20/h3-6H,2,7-11H2,1H3,(H,22,23). The number of carboxylic acids is 1. The average molecular weight is 359 g/mol. The van der Waals surface area contributed by atoms with E-state index in [1.165, 1.54) is 29.2 Å². The SMILES string of the molecule is CCN(CCC(=O)O)C(=O)C1(Cc2ccc(OC(F)(F)F)cc2)CC1. The monoisotopic (exact) mass is 359 g/mol. The summed E-state index contributed by atoms with van der Waals surface area (Å²) in [5, 5.41) is 8.77. The molecule has 0 heterocycles. The Labute approximate surface area is 143 Å². The summed E-state index contributed by atoms with van der Waals surface area (Å²) in [7, 11) is 0. The van der Waals surface area contributed by atoms with Gasteiger partial charge < -0.3 is 14.7 Å². The molecule has 25 heavy (non-hydrogen) atoms.